The van der Waals surface area contributed by atoms with Crippen molar-refractivity contribution in [3.8, 4) is 0 Å². The van der Waals surface area contributed by atoms with E-state index in [4.69, 9.17) is 18.0 Å². The lowest BCUT2D eigenvalue weighted by atomic mass is 10.1. The first kappa shape index (κ1) is 15.9. The van der Waals surface area contributed by atoms with E-state index in [9.17, 15) is 8.42 Å². The molecular weight excluding hydrogens is 372 g/mol. The zero-order valence-electron chi connectivity index (χ0n) is 11.1. The van der Waals surface area contributed by atoms with Crippen molar-refractivity contribution in [2.75, 3.05) is 4.72 Å². The zero-order chi connectivity index (χ0) is 15.6. The van der Waals surface area contributed by atoms with Gasteiger partial charge in [-0.2, -0.15) is 0 Å². The van der Waals surface area contributed by atoms with Crippen molar-refractivity contribution in [3.63, 3.8) is 0 Å². The van der Waals surface area contributed by atoms with Gasteiger partial charge in [-0.25, -0.2) is 8.42 Å². The van der Waals surface area contributed by atoms with Crippen LogP contribution in [-0.2, 0) is 10.0 Å². The molecule has 21 heavy (non-hydrogen) atoms. The van der Waals surface area contributed by atoms with Gasteiger partial charge < -0.3 is 5.73 Å². The van der Waals surface area contributed by atoms with E-state index in [1.807, 2.05) is 13.0 Å². The van der Waals surface area contributed by atoms with Crippen molar-refractivity contribution in [2.45, 2.75) is 11.8 Å². The second-order valence-corrected chi connectivity index (χ2v) is 7.46. The van der Waals surface area contributed by atoms with Gasteiger partial charge in [-0.3, -0.25) is 4.72 Å². The minimum Gasteiger partial charge on any atom is -0.389 e. The highest BCUT2D eigenvalue weighted by atomic mass is 79.9. The molecule has 0 saturated heterocycles. The molecule has 0 atom stereocenters. The van der Waals surface area contributed by atoms with Crippen LogP contribution in [0.5, 0.6) is 0 Å². The highest BCUT2D eigenvalue weighted by Gasteiger charge is 2.17. The molecule has 2 rings (SSSR count). The molecule has 2 aromatic rings. The number of halogens is 1. The number of nitrogens with one attached hydrogen (secondary N) is 1. The predicted octanol–water partition coefficient (Wildman–Crippen LogP) is 3.19. The average molecular weight is 385 g/mol. The Balaban J connectivity index is 2.47. The predicted molar refractivity (Wildman–Crippen MR) is 92.0 cm³/mol. The summed E-state index contributed by atoms with van der Waals surface area (Å²) in [7, 11) is -3.70. The number of thiocarbonyl (C=S) groups is 1. The van der Waals surface area contributed by atoms with Crippen LogP contribution in [0.25, 0.3) is 0 Å². The van der Waals surface area contributed by atoms with Crippen LogP contribution in [0.1, 0.15) is 11.1 Å². The molecule has 0 heterocycles. The van der Waals surface area contributed by atoms with E-state index in [0.717, 1.165) is 5.56 Å². The molecule has 3 N–H and O–H groups in total. The fourth-order valence-electron chi connectivity index (χ4n) is 1.92. The fraction of sp³-hybridized carbons (Fsp3) is 0.0714. The smallest absolute Gasteiger partial charge is 0.261 e. The molecule has 0 fully saturated rings. The summed E-state index contributed by atoms with van der Waals surface area (Å²) in [5, 5.41) is 0. The molecule has 0 saturated carbocycles. The van der Waals surface area contributed by atoms with E-state index in [-0.39, 0.29) is 9.88 Å². The van der Waals surface area contributed by atoms with Crippen LogP contribution in [0.4, 0.5) is 5.69 Å². The van der Waals surface area contributed by atoms with Crippen LogP contribution < -0.4 is 10.5 Å². The second-order valence-electron chi connectivity index (χ2n) is 4.42. The maximum absolute atomic E-state index is 12.4. The number of hydrogen-bond acceptors (Lipinski definition) is 3. The third kappa shape index (κ3) is 3.61. The normalized spacial score (nSPS) is 11.1. The SMILES string of the molecule is Cc1cccc(NS(=O)(=O)c2cccc(Br)c2)c1C(N)=S. The fourth-order valence-corrected chi connectivity index (χ4v) is 3.86. The van der Waals surface area contributed by atoms with Crippen LogP contribution in [-0.4, -0.2) is 13.4 Å². The Hall–Kier alpha value is -1.44. The molecule has 7 heteroatoms. The molecule has 110 valence electrons. The minimum absolute atomic E-state index is 0.153. The lowest BCUT2D eigenvalue weighted by Crippen LogP contribution is -2.19. The van der Waals surface area contributed by atoms with Crippen LogP contribution >= 0.6 is 28.1 Å². The number of sulfonamides is 1. The number of nitrogens with two attached hydrogens (primary N) is 1. The van der Waals surface area contributed by atoms with Gasteiger partial charge in [0.25, 0.3) is 10.0 Å². The van der Waals surface area contributed by atoms with E-state index in [1.54, 1.807) is 24.3 Å². The van der Waals surface area contributed by atoms with E-state index in [1.165, 1.54) is 12.1 Å². The lowest BCUT2D eigenvalue weighted by Gasteiger charge is -2.14. The summed E-state index contributed by atoms with van der Waals surface area (Å²) in [6.07, 6.45) is 0. The Bertz CT molecular complexity index is 804. The number of anilines is 1. The Kier molecular flexibility index (Phi) is 4.65. The highest BCUT2D eigenvalue weighted by Crippen LogP contribution is 2.24. The summed E-state index contributed by atoms with van der Waals surface area (Å²) in [6.45, 7) is 1.82. The summed E-state index contributed by atoms with van der Waals surface area (Å²) < 4.78 is 28.1. The quantitative estimate of drug-likeness (QED) is 0.793. The molecule has 0 radical (unpaired) electrons. The molecule has 0 bridgehead atoms. The first-order valence-corrected chi connectivity index (χ1v) is 8.67. The Morgan fingerprint density at radius 3 is 2.52 bits per heavy atom. The van der Waals surface area contributed by atoms with Crippen LogP contribution in [0.15, 0.2) is 51.8 Å². The summed E-state index contributed by atoms with van der Waals surface area (Å²) in [4.78, 5) is 0.312. The molecular formula is C14H13BrN2O2S2. The first-order chi connectivity index (χ1) is 9.81. The molecule has 0 aliphatic carbocycles. The highest BCUT2D eigenvalue weighted by molar-refractivity contribution is 9.10. The largest absolute Gasteiger partial charge is 0.389 e. The maximum atomic E-state index is 12.4. The van der Waals surface area contributed by atoms with Gasteiger partial charge in [0, 0.05) is 10.0 Å². The standard InChI is InChI=1S/C14H13BrN2O2S2/c1-9-4-2-7-12(13(9)14(16)20)17-21(18,19)11-6-3-5-10(15)8-11/h2-8,17H,1H3,(H2,16,20). The van der Waals surface area contributed by atoms with Gasteiger partial charge in [-0.1, -0.05) is 46.3 Å². The zero-order valence-corrected chi connectivity index (χ0v) is 14.3. The molecule has 0 unspecified atom stereocenters. The van der Waals surface area contributed by atoms with Gasteiger partial charge in [-0.15, -0.1) is 0 Å². The van der Waals surface area contributed by atoms with Crippen molar-refractivity contribution >= 4 is 48.8 Å². The van der Waals surface area contributed by atoms with E-state index < -0.39 is 10.0 Å². The van der Waals surface area contributed by atoms with Crippen molar-refractivity contribution in [1.29, 1.82) is 0 Å². The molecule has 0 aromatic heterocycles. The third-order valence-electron chi connectivity index (χ3n) is 2.87. The first-order valence-electron chi connectivity index (χ1n) is 5.99. The monoisotopic (exact) mass is 384 g/mol. The minimum atomic E-state index is -3.70. The Labute approximate surface area is 137 Å². The van der Waals surface area contributed by atoms with E-state index in [2.05, 4.69) is 20.7 Å². The van der Waals surface area contributed by atoms with E-state index >= 15 is 0 Å². The number of rotatable bonds is 4. The van der Waals surface area contributed by atoms with Gasteiger partial charge in [0.2, 0.25) is 0 Å². The summed E-state index contributed by atoms with van der Waals surface area (Å²) in [5.74, 6) is 0. The van der Waals surface area contributed by atoms with Crippen molar-refractivity contribution in [3.05, 3.63) is 58.1 Å². The number of benzene rings is 2. The Morgan fingerprint density at radius 2 is 1.90 bits per heavy atom. The van der Waals surface area contributed by atoms with Gasteiger partial charge in [-0.05, 0) is 36.8 Å². The molecule has 0 aliphatic rings. The molecule has 0 spiro atoms. The average Bonchev–Trinajstić information content (AvgIpc) is 2.37. The molecule has 2 aromatic carbocycles. The maximum Gasteiger partial charge on any atom is 0.261 e. The molecule has 0 aliphatic heterocycles. The van der Waals surface area contributed by atoms with E-state index in [0.29, 0.717) is 15.7 Å². The lowest BCUT2D eigenvalue weighted by molar-refractivity contribution is 0.601. The summed E-state index contributed by atoms with van der Waals surface area (Å²) in [6, 6.07) is 11.7. The van der Waals surface area contributed by atoms with Crippen LogP contribution in [0.2, 0.25) is 0 Å². The van der Waals surface area contributed by atoms with Crippen molar-refractivity contribution < 1.29 is 8.42 Å². The van der Waals surface area contributed by atoms with Gasteiger partial charge in [0.15, 0.2) is 0 Å². The van der Waals surface area contributed by atoms with Gasteiger partial charge >= 0.3 is 0 Å². The number of aryl methyl sites for hydroxylation is 1. The summed E-state index contributed by atoms with van der Waals surface area (Å²) >= 11 is 8.26. The van der Waals surface area contributed by atoms with Crippen LogP contribution in [0.3, 0.4) is 0 Å². The summed E-state index contributed by atoms with van der Waals surface area (Å²) in [5.41, 5.74) is 7.41. The second kappa shape index (κ2) is 6.13. The topological polar surface area (TPSA) is 72.2 Å². The van der Waals surface area contributed by atoms with Crippen LogP contribution in [0, 0.1) is 6.92 Å². The number of hydrogen-bond donors (Lipinski definition) is 2. The third-order valence-corrected chi connectivity index (χ3v) is 4.93. The van der Waals surface area contributed by atoms with Gasteiger partial charge in [0.1, 0.15) is 4.99 Å². The van der Waals surface area contributed by atoms with Gasteiger partial charge in [0.05, 0.1) is 10.6 Å². The van der Waals surface area contributed by atoms with Crippen molar-refractivity contribution in [2.24, 2.45) is 5.73 Å². The van der Waals surface area contributed by atoms with Crippen molar-refractivity contribution in [1.82, 2.24) is 0 Å². The molecule has 4 nitrogen and oxygen atoms in total. The Morgan fingerprint density at radius 1 is 1.24 bits per heavy atom. The molecule has 0 amide bonds.